The van der Waals surface area contributed by atoms with E-state index >= 15 is 0 Å². The van der Waals surface area contributed by atoms with Gasteiger partial charge in [-0.25, -0.2) is 4.39 Å². The first-order valence-electron chi connectivity index (χ1n) is 7.04. The third kappa shape index (κ3) is 3.25. The average molecular weight is 265 g/mol. The van der Waals surface area contributed by atoms with E-state index in [9.17, 15) is 4.39 Å². The number of piperazine rings is 1. The van der Waals surface area contributed by atoms with E-state index in [1.807, 2.05) is 13.1 Å². The molecule has 0 atom stereocenters. The number of hydrogen-bond acceptors (Lipinski definition) is 3. The fourth-order valence-electron chi connectivity index (χ4n) is 2.67. The van der Waals surface area contributed by atoms with E-state index in [1.165, 1.54) is 0 Å². The van der Waals surface area contributed by atoms with Gasteiger partial charge in [-0.05, 0) is 33.0 Å². The monoisotopic (exact) mass is 265 g/mol. The van der Waals surface area contributed by atoms with Crippen molar-refractivity contribution in [2.75, 3.05) is 38.1 Å². The first-order chi connectivity index (χ1) is 9.13. The molecule has 0 aliphatic carbocycles. The van der Waals surface area contributed by atoms with Gasteiger partial charge in [0.05, 0.1) is 0 Å². The molecule has 1 N–H and O–H groups in total. The summed E-state index contributed by atoms with van der Waals surface area (Å²) in [6.45, 7) is 9.07. The number of anilines is 1. The summed E-state index contributed by atoms with van der Waals surface area (Å²) in [5.41, 5.74) is 1.82. The van der Waals surface area contributed by atoms with Gasteiger partial charge < -0.3 is 10.2 Å². The molecule has 0 spiro atoms. The zero-order chi connectivity index (χ0) is 13.8. The Morgan fingerprint density at radius 2 is 1.89 bits per heavy atom. The van der Waals surface area contributed by atoms with Gasteiger partial charge in [0, 0.05) is 50.0 Å². The van der Waals surface area contributed by atoms with E-state index < -0.39 is 0 Å². The van der Waals surface area contributed by atoms with E-state index in [1.54, 1.807) is 12.1 Å². The lowest BCUT2D eigenvalue weighted by atomic mass is 10.1. The van der Waals surface area contributed by atoms with Crippen molar-refractivity contribution in [2.45, 2.75) is 26.4 Å². The Balaban J connectivity index is 2.13. The summed E-state index contributed by atoms with van der Waals surface area (Å²) in [4.78, 5) is 4.77. The molecule has 1 aliphatic heterocycles. The lowest BCUT2D eigenvalue weighted by molar-refractivity contribution is 0.209. The second-order valence-corrected chi connectivity index (χ2v) is 5.38. The molecule has 0 aromatic heterocycles. The first kappa shape index (κ1) is 14.3. The van der Waals surface area contributed by atoms with Crippen LogP contribution >= 0.6 is 0 Å². The number of nitrogens with one attached hydrogen (secondary N) is 1. The topological polar surface area (TPSA) is 18.5 Å². The van der Waals surface area contributed by atoms with Crippen molar-refractivity contribution in [3.8, 4) is 0 Å². The molecule has 0 amide bonds. The van der Waals surface area contributed by atoms with Crippen LogP contribution in [0.25, 0.3) is 0 Å². The molecular formula is C15H24FN3. The van der Waals surface area contributed by atoms with Crippen LogP contribution in [0, 0.1) is 5.82 Å². The van der Waals surface area contributed by atoms with E-state index in [4.69, 9.17) is 0 Å². The Kier molecular flexibility index (Phi) is 4.77. The highest BCUT2D eigenvalue weighted by Gasteiger charge is 2.21. The number of hydrogen-bond donors (Lipinski definition) is 1. The molecule has 1 aromatic carbocycles. The predicted molar refractivity (Wildman–Crippen MR) is 78.1 cm³/mol. The second kappa shape index (κ2) is 6.35. The van der Waals surface area contributed by atoms with Crippen molar-refractivity contribution < 1.29 is 4.39 Å². The van der Waals surface area contributed by atoms with Gasteiger partial charge in [0.25, 0.3) is 0 Å². The fourth-order valence-corrected chi connectivity index (χ4v) is 2.67. The zero-order valence-corrected chi connectivity index (χ0v) is 12.1. The summed E-state index contributed by atoms with van der Waals surface area (Å²) >= 11 is 0. The summed E-state index contributed by atoms with van der Waals surface area (Å²) in [5.74, 6) is -0.113. The van der Waals surface area contributed by atoms with Crippen molar-refractivity contribution >= 4 is 5.69 Å². The van der Waals surface area contributed by atoms with Crippen LogP contribution in [0.2, 0.25) is 0 Å². The van der Waals surface area contributed by atoms with E-state index in [-0.39, 0.29) is 5.82 Å². The zero-order valence-electron chi connectivity index (χ0n) is 12.1. The molecule has 1 fully saturated rings. The molecule has 1 heterocycles. The van der Waals surface area contributed by atoms with Crippen LogP contribution in [-0.4, -0.2) is 44.2 Å². The fraction of sp³-hybridized carbons (Fsp3) is 0.600. The van der Waals surface area contributed by atoms with Crippen LogP contribution < -0.4 is 10.2 Å². The Morgan fingerprint density at radius 1 is 1.21 bits per heavy atom. The van der Waals surface area contributed by atoms with Gasteiger partial charge in [-0.15, -0.1) is 0 Å². The maximum Gasteiger partial charge on any atom is 0.129 e. The summed E-state index contributed by atoms with van der Waals surface area (Å²) in [6.07, 6.45) is 0. The third-order valence-corrected chi connectivity index (χ3v) is 3.83. The van der Waals surface area contributed by atoms with Gasteiger partial charge in [-0.2, -0.15) is 0 Å². The second-order valence-electron chi connectivity index (χ2n) is 5.38. The van der Waals surface area contributed by atoms with Crippen molar-refractivity contribution in [2.24, 2.45) is 0 Å². The van der Waals surface area contributed by atoms with Crippen LogP contribution in [-0.2, 0) is 6.54 Å². The minimum atomic E-state index is -0.113. The Bertz CT molecular complexity index is 412. The molecule has 106 valence electrons. The number of rotatable bonds is 4. The molecule has 4 heteroatoms. The van der Waals surface area contributed by atoms with Crippen molar-refractivity contribution in [3.05, 3.63) is 29.6 Å². The maximum absolute atomic E-state index is 13.9. The van der Waals surface area contributed by atoms with Gasteiger partial charge in [-0.1, -0.05) is 6.07 Å². The molecule has 0 saturated carbocycles. The highest BCUT2D eigenvalue weighted by molar-refractivity contribution is 5.54. The van der Waals surface area contributed by atoms with Crippen LogP contribution in [0.1, 0.15) is 19.4 Å². The van der Waals surface area contributed by atoms with Crippen molar-refractivity contribution in [3.63, 3.8) is 0 Å². The molecule has 0 radical (unpaired) electrons. The summed E-state index contributed by atoms with van der Waals surface area (Å²) in [7, 11) is 1.85. The van der Waals surface area contributed by atoms with Crippen molar-refractivity contribution in [1.29, 1.82) is 0 Å². The molecule has 1 saturated heterocycles. The molecule has 0 unspecified atom stereocenters. The van der Waals surface area contributed by atoms with E-state index in [2.05, 4.69) is 29.0 Å². The standard InChI is InChI=1S/C15H24FN3/c1-12(2)18-7-9-19(10-8-18)15-6-4-5-14(16)13(15)11-17-3/h4-6,12,17H,7-11H2,1-3H3. The van der Waals surface area contributed by atoms with Gasteiger partial charge in [0.1, 0.15) is 5.82 Å². The molecular weight excluding hydrogens is 241 g/mol. The minimum Gasteiger partial charge on any atom is -0.369 e. The van der Waals surface area contributed by atoms with Crippen LogP contribution in [0.5, 0.6) is 0 Å². The molecule has 2 rings (SSSR count). The Hall–Kier alpha value is -1.13. The van der Waals surface area contributed by atoms with Gasteiger partial charge in [-0.3, -0.25) is 4.90 Å². The largest absolute Gasteiger partial charge is 0.369 e. The first-order valence-corrected chi connectivity index (χ1v) is 7.04. The van der Waals surface area contributed by atoms with Crippen LogP contribution in [0.4, 0.5) is 10.1 Å². The Labute approximate surface area is 115 Å². The third-order valence-electron chi connectivity index (χ3n) is 3.83. The lowest BCUT2D eigenvalue weighted by Gasteiger charge is -2.38. The normalized spacial score (nSPS) is 17.2. The lowest BCUT2D eigenvalue weighted by Crippen LogP contribution is -2.49. The Morgan fingerprint density at radius 3 is 2.47 bits per heavy atom. The van der Waals surface area contributed by atoms with E-state index in [0.717, 1.165) is 37.4 Å². The smallest absolute Gasteiger partial charge is 0.129 e. The quantitative estimate of drug-likeness (QED) is 0.899. The highest BCUT2D eigenvalue weighted by Crippen LogP contribution is 2.24. The number of halogens is 1. The maximum atomic E-state index is 13.9. The molecule has 0 bridgehead atoms. The predicted octanol–water partition coefficient (Wildman–Crippen LogP) is 2.08. The number of benzene rings is 1. The molecule has 1 aliphatic rings. The summed E-state index contributed by atoms with van der Waals surface area (Å²) in [6, 6.07) is 5.96. The van der Waals surface area contributed by atoms with Gasteiger partial charge in [0.15, 0.2) is 0 Å². The summed E-state index contributed by atoms with van der Waals surface area (Å²) < 4.78 is 13.9. The average Bonchev–Trinajstić information content (AvgIpc) is 2.41. The molecule has 19 heavy (non-hydrogen) atoms. The summed E-state index contributed by atoms with van der Waals surface area (Å²) in [5, 5.41) is 3.05. The number of nitrogens with zero attached hydrogens (tertiary/aromatic N) is 2. The van der Waals surface area contributed by atoms with Gasteiger partial charge >= 0.3 is 0 Å². The highest BCUT2D eigenvalue weighted by atomic mass is 19.1. The van der Waals surface area contributed by atoms with Crippen LogP contribution in [0.3, 0.4) is 0 Å². The van der Waals surface area contributed by atoms with E-state index in [0.29, 0.717) is 12.6 Å². The minimum absolute atomic E-state index is 0.113. The van der Waals surface area contributed by atoms with Crippen LogP contribution in [0.15, 0.2) is 18.2 Å². The van der Waals surface area contributed by atoms with Gasteiger partial charge in [0.2, 0.25) is 0 Å². The molecule has 1 aromatic rings. The molecule has 3 nitrogen and oxygen atoms in total. The van der Waals surface area contributed by atoms with Crippen molar-refractivity contribution in [1.82, 2.24) is 10.2 Å². The SMILES string of the molecule is CNCc1c(F)cccc1N1CCN(C(C)C)CC1.